The molecule has 0 aliphatic carbocycles. The van der Waals surface area contributed by atoms with Crippen molar-refractivity contribution in [2.24, 2.45) is 0 Å². The van der Waals surface area contributed by atoms with Gasteiger partial charge in [0.2, 0.25) is 0 Å². The van der Waals surface area contributed by atoms with Gasteiger partial charge in [0.1, 0.15) is 5.76 Å². The fraction of sp³-hybridized carbons (Fsp3) is 0.556. The topological polar surface area (TPSA) is 65.6 Å². The molecule has 5 heteroatoms. The van der Waals surface area contributed by atoms with E-state index in [0.717, 1.165) is 0 Å². The Morgan fingerprint density at radius 2 is 2.29 bits per heavy atom. The minimum Gasteiger partial charge on any atom is -0.448 e. The summed E-state index contributed by atoms with van der Waals surface area (Å²) in [6.45, 7) is 2.04. The van der Waals surface area contributed by atoms with E-state index in [-0.39, 0.29) is 6.61 Å². The molecule has 0 aliphatic heterocycles. The molecule has 0 saturated heterocycles. The van der Waals surface area contributed by atoms with Crippen LogP contribution in [0.5, 0.6) is 0 Å². The lowest BCUT2D eigenvalue weighted by Gasteiger charge is -2.20. The van der Waals surface area contributed by atoms with Crippen LogP contribution in [0.4, 0.5) is 0 Å². The van der Waals surface area contributed by atoms with E-state index >= 15 is 0 Å². The zero-order valence-electron chi connectivity index (χ0n) is 7.96. The summed E-state index contributed by atoms with van der Waals surface area (Å²) < 4.78 is 5.09. The number of nitrogens with one attached hydrogen (secondary N) is 1. The Labute approximate surface area is 87.5 Å². The molecule has 0 aliphatic rings. The quantitative estimate of drug-likeness (QED) is 0.685. The minimum absolute atomic E-state index is 0.279. The van der Waals surface area contributed by atoms with Crippen LogP contribution in [0, 0.1) is 0 Å². The van der Waals surface area contributed by atoms with Crippen LogP contribution in [-0.2, 0) is 6.54 Å². The van der Waals surface area contributed by atoms with Gasteiger partial charge < -0.3 is 19.9 Å². The van der Waals surface area contributed by atoms with Crippen LogP contribution in [0.15, 0.2) is 16.5 Å². The van der Waals surface area contributed by atoms with Crippen molar-refractivity contribution in [3.05, 3.63) is 23.1 Å². The molecule has 1 aromatic heterocycles. The molecule has 3 N–H and O–H groups in total. The Bertz CT molecular complexity index is 285. The predicted octanol–water partition coefficient (Wildman–Crippen LogP) is 0.766. The maximum Gasteiger partial charge on any atom is 0.193 e. The van der Waals surface area contributed by atoms with Crippen molar-refractivity contribution in [1.29, 1.82) is 0 Å². The summed E-state index contributed by atoms with van der Waals surface area (Å²) in [5.74, 6) is 0.698. The highest BCUT2D eigenvalue weighted by atomic mass is 35.5. The number of halogens is 1. The summed E-state index contributed by atoms with van der Waals surface area (Å²) in [4.78, 5) is 0. The summed E-state index contributed by atoms with van der Waals surface area (Å²) in [6, 6.07) is 3.41. The van der Waals surface area contributed by atoms with Gasteiger partial charge in [-0.3, -0.25) is 0 Å². The van der Waals surface area contributed by atoms with Crippen molar-refractivity contribution in [3.63, 3.8) is 0 Å². The molecule has 0 fully saturated rings. The molecule has 1 aromatic rings. The van der Waals surface area contributed by atoms with Gasteiger partial charge in [-0.1, -0.05) is 0 Å². The average molecular weight is 220 g/mol. The van der Waals surface area contributed by atoms with Crippen LogP contribution < -0.4 is 5.32 Å². The first-order chi connectivity index (χ1) is 6.53. The fourth-order valence-corrected chi connectivity index (χ4v) is 1.12. The summed E-state index contributed by atoms with van der Waals surface area (Å²) in [5, 5.41) is 21.5. The van der Waals surface area contributed by atoms with Crippen molar-refractivity contribution in [3.8, 4) is 0 Å². The standard InChI is InChI=1S/C9H14ClNO3/c1-9(13,6-12)5-11-4-7-2-3-8(10)14-7/h2-3,11-13H,4-6H2,1H3. The SMILES string of the molecule is CC(O)(CO)CNCc1ccc(Cl)o1. The van der Waals surface area contributed by atoms with E-state index in [4.69, 9.17) is 21.1 Å². The number of hydrogen-bond acceptors (Lipinski definition) is 4. The normalized spacial score (nSPS) is 15.4. The van der Waals surface area contributed by atoms with Gasteiger partial charge in [-0.25, -0.2) is 0 Å². The maximum absolute atomic E-state index is 9.44. The highest BCUT2D eigenvalue weighted by Gasteiger charge is 2.17. The Morgan fingerprint density at radius 1 is 1.57 bits per heavy atom. The average Bonchev–Trinajstić information content (AvgIpc) is 2.51. The molecule has 1 unspecified atom stereocenters. The molecular weight excluding hydrogens is 206 g/mol. The second-order valence-corrected chi connectivity index (χ2v) is 3.84. The molecule has 1 atom stereocenters. The van der Waals surface area contributed by atoms with Gasteiger partial charge in [-0.05, 0) is 30.7 Å². The van der Waals surface area contributed by atoms with Crippen LogP contribution in [-0.4, -0.2) is 29.0 Å². The molecule has 1 heterocycles. The van der Waals surface area contributed by atoms with E-state index in [1.807, 2.05) is 0 Å². The van der Waals surface area contributed by atoms with Crippen LogP contribution >= 0.6 is 11.6 Å². The van der Waals surface area contributed by atoms with Crippen molar-refractivity contribution in [2.45, 2.75) is 19.1 Å². The van der Waals surface area contributed by atoms with Gasteiger partial charge in [0.25, 0.3) is 0 Å². The summed E-state index contributed by atoms with van der Waals surface area (Å²) in [5.41, 5.74) is -1.10. The number of aliphatic hydroxyl groups excluding tert-OH is 1. The molecule has 0 radical (unpaired) electrons. The third-order valence-corrected chi connectivity index (χ3v) is 1.98. The van der Waals surface area contributed by atoms with Crippen molar-refractivity contribution in [1.82, 2.24) is 5.32 Å². The van der Waals surface area contributed by atoms with E-state index in [1.54, 1.807) is 19.1 Å². The first-order valence-electron chi connectivity index (χ1n) is 4.32. The Balaban J connectivity index is 2.28. The number of aliphatic hydroxyl groups is 2. The number of rotatable bonds is 5. The van der Waals surface area contributed by atoms with Crippen LogP contribution in [0.2, 0.25) is 5.22 Å². The second kappa shape index (κ2) is 4.79. The predicted molar refractivity (Wildman–Crippen MR) is 53.1 cm³/mol. The summed E-state index contributed by atoms with van der Waals surface area (Å²) in [6.07, 6.45) is 0. The van der Waals surface area contributed by atoms with Gasteiger partial charge in [-0.2, -0.15) is 0 Å². The van der Waals surface area contributed by atoms with E-state index in [9.17, 15) is 5.11 Å². The third-order valence-electron chi connectivity index (χ3n) is 1.77. The minimum atomic E-state index is -1.10. The van der Waals surface area contributed by atoms with E-state index in [2.05, 4.69) is 5.32 Å². The second-order valence-electron chi connectivity index (χ2n) is 3.46. The van der Waals surface area contributed by atoms with Gasteiger partial charge in [0, 0.05) is 6.54 Å². The molecule has 0 bridgehead atoms. The van der Waals surface area contributed by atoms with Crippen molar-refractivity contribution in [2.75, 3.05) is 13.2 Å². The van der Waals surface area contributed by atoms with E-state index in [1.165, 1.54) is 0 Å². The largest absolute Gasteiger partial charge is 0.448 e. The Morgan fingerprint density at radius 3 is 2.79 bits per heavy atom. The van der Waals surface area contributed by atoms with E-state index < -0.39 is 5.60 Å². The maximum atomic E-state index is 9.44. The van der Waals surface area contributed by atoms with Crippen LogP contribution in [0.3, 0.4) is 0 Å². The summed E-state index contributed by atoms with van der Waals surface area (Å²) >= 11 is 5.57. The Kier molecular flexibility index (Phi) is 3.95. The molecule has 1 rings (SSSR count). The van der Waals surface area contributed by atoms with Gasteiger partial charge >= 0.3 is 0 Å². The van der Waals surface area contributed by atoms with Crippen LogP contribution in [0.1, 0.15) is 12.7 Å². The van der Waals surface area contributed by atoms with Gasteiger partial charge in [-0.15, -0.1) is 0 Å². The Hall–Kier alpha value is -0.550. The molecule has 0 saturated carbocycles. The monoisotopic (exact) mass is 219 g/mol. The highest BCUT2D eigenvalue weighted by Crippen LogP contribution is 2.12. The molecule has 0 aromatic carbocycles. The highest BCUT2D eigenvalue weighted by molar-refractivity contribution is 6.28. The van der Waals surface area contributed by atoms with Crippen molar-refractivity contribution >= 4 is 11.6 Å². The van der Waals surface area contributed by atoms with Crippen LogP contribution in [0.25, 0.3) is 0 Å². The first-order valence-corrected chi connectivity index (χ1v) is 4.69. The fourth-order valence-electron chi connectivity index (χ4n) is 0.958. The smallest absolute Gasteiger partial charge is 0.193 e. The van der Waals surface area contributed by atoms with Gasteiger partial charge in [0.15, 0.2) is 5.22 Å². The molecule has 0 amide bonds. The number of hydrogen-bond donors (Lipinski definition) is 3. The number of furan rings is 1. The summed E-state index contributed by atoms with van der Waals surface area (Å²) in [7, 11) is 0. The lowest BCUT2D eigenvalue weighted by Crippen LogP contribution is -2.40. The van der Waals surface area contributed by atoms with Crippen molar-refractivity contribution < 1.29 is 14.6 Å². The van der Waals surface area contributed by atoms with Gasteiger partial charge in [0.05, 0.1) is 18.8 Å². The lowest BCUT2D eigenvalue weighted by molar-refractivity contribution is 0.00227. The third kappa shape index (κ3) is 3.67. The lowest BCUT2D eigenvalue weighted by atomic mass is 10.1. The molecule has 80 valence electrons. The molecule has 14 heavy (non-hydrogen) atoms. The molecule has 4 nitrogen and oxygen atoms in total. The van der Waals surface area contributed by atoms with E-state index in [0.29, 0.717) is 24.1 Å². The molecular formula is C9H14ClNO3. The molecule has 0 spiro atoms. The zero-order valence-corrected chi connectivity index (χ0v) is 8.71. The first kappa shape index (κ1) is 11.5. The zero-order chi connectivity index (χ0) is 10.6.